The normalized spacial score (nSPS) is 11.7. The molecule has 1 heterocycles. The monoisotopic (exact) mass is 573 g/mol. The molecule has 3 aromatic rings. The molecule has 0 unspecified atom stereocenters. The summed E-state index contributed by atoms with van der Waals surface area (Å²) in [7, 11) is -2.81. The van der Waals surface area contributed by atoms with Gasteiger partial charge in [0, 0.05) is 74.2 Å². The Balaban J connectivity index is 0.00000481. The Morgan fingerprint density at radius 2 is 1.86 bits per heavy atom. The Kier molecular flexibility index (Phi) is 10.9. The summed E-state index contributed by atoms with van der Waals surface area (Å²) in [6.45, 7) is 6.76. The van der Waals surface area contributed by atoms with Gasteiger partial charge in [-0.3, -0.25) is 4.79 Å². The van der Waals surface area contributed by atoms with Crippen molar-refractivity contribution < 1.29 is 27.4 Å². The number of nitrogens with zero attached hydrogens (tertiary/aromatic N) is 1. The van der Waals surface area contributed by atoms with Crippen molar-refractivity contribution in [2.75, 3.05) is 7.11 Å². The quantitative estimate of drug-likeness (QED) is 0.383. The van der Waals surface area contributed by atoms with E-state index in [0.29, 0.717) is 33.7 Å². The third-order valence-electron chi connectivity index (χ3n) is 5.62. The number of nitrogens with one attached hydrogen (secondary N) is 1. The minimum absolute atomic E-state index is 0. The van der Waals surface area contributed by atoms with Crippen LogP contribution in [0.1, 0.15) is 50.3 Å². The summed E-state index contributed by atoms with van der Waals surface area (Å²) in [5.41, 5.74) is 1.14. The first-order chi connectivity index (χ1) is 16.7. The van der Waals surface area contributed by atoms with Crippen molar-refractivity contribution in [3.8, 4) is 17.0 Å². The maximum absolute atomic E-state index is 14.5. The van der Waals surface area contributed by atoms with Crippen molar-refractivity contribution in [3.05, 3.63) is 76.2 Å². The molecule has 0 atom stereocenters. The minimum Gasteiger partial charge on any atom is -0.481 e. The maximum atomic E-state index is 14.5. The summed E-state index contributed by atoms with van der Waals surface area (Å²) in [5.74, 6) is -1.11. The molecule has 1 radical (unpaired) electrons. The number of pyridine rings is 1. The Morgan fingerprint density at radius 1 is 1.19 bits per heavy atom. The van der Waals surface area contributed by atoms with E-state index in [0.717, 1.165) is 0 Å². The Morgan fingerprint density at radius 3 is 2.43 bits per heavy atom. The van der Waals surface area contributed by atoms with Crippen LogP contribution in [0.25, 0.3) is 11.1 Å². The average molecular weight is 574 g/mol. The summed E-state index contributed by atoms with van der Waals surface area (Å²) < 4.78 is 47.6. The molecule has 37 heavy (non-hydrogen) atoms. The largest absolute Gasteiger partial charge is 0.481 e. The molecule has 2 N–H and O–H groups in total. The fraction of sp³-hybridized carbons (Fsp3) is 0.308. The number of hydrogen-bond acceptors (Lipinski definition) is 6. The fourth-order valence-electron chi connectivity index (χ4n) is 3.88. The molecule has 0 aliphatic rings. The summed E-state index contributed by atoms with van der Waals surface area (Å²) in [4.78, 5) is 16.8. The molecule has 0 saturated carbocycles. The molecule has 7 nitrogen and oxygen atoms in total. The Labute approximate surface area is 264 Å². The second kappa shape index (κ2) is 12.7. The van der Waals surface area contributed by atoms with E-state index in [1.54, 1.807) is 12.1 Å². The van der Waals surface area contributed by atoms with Crippen LogP contribution in [0.4, 0.5) is 4.39 Å². The van der Waals surface area contributed by atoms with Crippen molar-refractivity contribution in [2.24, 2.45) is 0 Å². The van der Waals surface area contributed by atoms with Crippen LogP contribution in [-0.2, 0) is 26.8 Å². The molecule has 2 aromatic carbocycles. The van der Waals surface area contributed by atoms with Gasteiger partial charge in [-0.1, -0.05) is 31.5 Å². The topological polar surface area (TPSA) is 106 Å². The van der Waals surface area contributed by atoms with Gasteiger partial charge < -0.3 is 9.84 Å². The van der Waals surface area contributed by atoms with E-state index in [-0.39, 0.29) is 73.6 Å². The van der Waals surface area contributed by atoms with E-state index in [1.807, 2.05) is 13.8 Å². The number of carbonyl (C=O) groups excluding carboxylic acids is 1. The molecular formula is C26H28ClFKN2O5S. The molecule has 11 heteroatoms. The van der Waals surface area contributed by atoms with Gasteiger partial charge in [-0.25, -0.2) is 22.5 Å². The molecule has 3 rings (SSSR count). The van der Waals surface area contributed by atoms with Crippen molar-refractivity contribution >= 4 is 78.9 Å². The van der Waals surface area contributed by atoms with E-state index >= 15 is 0 Å². The molecule has 193 valence electrons. The van der Waals surface area contributed by atoms with Gasteiger partial charge in [0.1, 0.15) is 5.82 Å². The van der Waals surface area contributed by atoms with Crippen LogP contribution in [0.3, 0.4) is 0 Å². The van der Waals surface area contributed by atoms with Crippen molar-refractivity contribution in [1.29, 1.82) is 0 Å². The number of aliphatic hydroxyl groups is 1. The first-order valence-electron chi connectivity index (χ1n) is 11.1. The predicted molar refractivity (Wildman–Crippen MR) is 142 cm³/mol. The molecule has 0 saturated heterocycles. The molecule has 1 aromatic heterocycles. The number of hydrogen-bond donors (Lipinski definition) is 2. The van der Waals surface area contributed by atoms with Crippen LogP contribution in [0.2, 0.25) is 5.02 Å². The number of halogens is 2. The minimum atomic E-state index is -4.26. The zero-order chi connectivity index (χ0) is 26.8. The number of amides is 1. The van der Waals surface area contributed by atoms with Crippen LogP contribution in [0, 0.1) is 5.82 Å². The predicted octanol–water partition coefficient (Wildman–Crippen LogP) is 4.57. The summed E-state index contributed by atoms with van der Waals surface area (Å²) in [6, 6.07) is 9.76. The van der Waals surface area contributed by atoms with Gasteiger partial charge in [0.2, 0.25) is 11.8 Å². The van der Waals surface area contributed by atoms with Gasteiger partial charge in [0.05, 0.1) is 24.0 Å². The molecular weight excluding hydrogens is 546 g/mol. The van der Waals surface area contributed by atoms with Gasteiger partial charge in [0.15, 0.2) is 0 Å². The number of aromatic nitrogens is 1. The number of methoxy groups -OCH3 is 1. The molecule has 1 amide bonds. The second-order valence-electron chi connectivity index (χ2n) is 9.17. The van der Waals surface area contributed by atoms with Gasteiger partial charge in [-0.05, 0) is 72.4 Å². The van der Waals surface area contributed by atoms with E-state index in [4.69, 9.17) is 16.3 Å². The number of rotatable bonds is 8. The van der Waals surface area contributed by atoms with Gasteiger partial charge >= 0.3 is 0 Å². The average Bonchev–Trinajstić information content (AvgIpc) is 2.78. The number of ether oxygens (including phenoxy) is 1. The Bertz CT molecular complexity index is 1410. The zero-order valence-electron chi connectivity index (χ0n) is 21.6. The molecule has 0 fully saturated rings. The van der Waals surface area contributed by atoms with Crippen molar-refractivity contribution in [3.63, 3.8) is 0 Å². The third kappa shape index (κ3) is 7.83. The summed E-state index contributed by atoms with van der Waals surface area (Å²) >= 11 is 6.18. The molecule has 0 aliphatic carbocycles. The van der Waals surface area contributed by atoms with Gasteiger partial charge in [0.25, 0.3) is 10.0 Å². The Hall–Kier alpha value is -1.37. The first-order valence-corrected chi connectivity index (χ1v) is 13.0. The molecule has 0 aliphatic heterocycles. The van der Waals surface area contributed by atoms with Crippen LogP contribution in [0.15, 0.2) is 53.6 Å². The zero-order valence-corrected chi connectivity index (χ0v) is 26.3. The standard InChI is InChI=1S/C26H28ClFN2O5S.K/c1-15(2)19-11-17(28)12-20(16-8-9-29-25(10-16)35-5)21(19)14-24(31)30-36(33,34)18-6-7-22(23(27)13-18)26(3,4)32;/h6-13,15,32H,14H2,1-5H3,(H,30,31);. The first kappa shape index (κ1) is 31.8. The molecule has 0 spiro atoms. The van der Waals surface area contributed by atoms with Crippen molar-refractivity contribution in [2.45, 2.75) is 50.5 Å². The number of benzene rings is 2. The van der Waals surface area contributed by atoms with Crippen LogP contribution in [-0.4, -0.2) is 82.9 Å². The van der Waals surface area contributed by atoms with Gasteiger partial charge in [-0.15, -0.1) is 0 Å². The summed E-state index contributed by atoms with van der Waals surface area (Å²) in [5, 5.41) is 10.2. The third-order valence-corrected chi connectivity index (χ3v) is 7.31. The van der Waals surface area contributed by atoms with E-state index in [9.17, 15) is 22.7 Å². The molecule has 0 bridgehead atoms. The van der Waals surface area contributed by atoms with Crippen LogP contribution < -0.4 is 9.46 Å². The van der Waals surface area contributed by atoms with Crippen LogP contribution >= 0.6 is 11.6 Å². The summed E-state index contributed by atoms with van der Waals surface area (Å²) in [6.07, 6.45) is 1.19. The SMILES string of the molecule is COc1cc(-c2cc(F)cc(C(C)C)c2CC(=O)NS(=O)(=O)c2ccc(C(C)(C)O)c(Cl)c2)ccn1.[K]. The van der Waals surface area contributed by atoms with Crippen molar-refractivity contribution in [1.82, 2.24) is 9.71 Å². The second-order valence-corrected chi connectivity index (χ2v) is 11.3. The van der Waals surface area contributed by atoms with E-state index in [1.165, 1.54) is 57.5 Å². The van der Waals surface area contributed by atoms with E-state index in [2.05, 4.69) is 9.71 Å². The fourth-order valence-corrected chi connectivity index (χ4v) is 5.37. The van der Waals surface area contributed by atoms with Gasteiger partial charge in [-0.2, -0.15) is 0 Å². The maximum Gasteiger partial charge on any atom is 0.264 e. The van der Waals surface area contributed by atoms with Crippen LogP contribution in [0.5, 0.6) is 5.88 Å². The number of sulfonamides is 1. The van der Waals surface area contributed by atoms with E-state index < -0.39 is 27.3 Å². The smallest absolute Gasteiger partial charge is 0.264 e. The number of carbonyl (C=O) groups is 1.